The van der Waals surface area contributed by atoms with Gasteiger partial charge in [-0.15, -0.1) is 5.10 Å². The van der Waals surface area contributed by atoms with E-state index in [4.69, 9.17) is 46.4 Å². The van der Waals surface area contributed by atoms with Crippen LogP contribution in [0.2, 0.25) is 20.1 Å². The average molecular weight is 419 g/mol. The Balaban J connectivity index is 2.14. The molecule has 8 heteroatoms. The van der Waals surface area contributed by atoms with Crippen LogP contribution in [0.5, 0.6) is 0 Å². The molecule has 2 aromatic carbocycles. The molecular formula is C16H11Cl4N3S. The van der Waals surface area contributed by atoms with Crippen LogP contribution in [0.3, 0.4) is 0 Å². The molecule has 1 aromatic heterocycles. The van der Waals surface area contributed by atoms with Crippen molar-refractivity contribution in [2.75, 3.05) is 6.26 Å². The fraction of sp³-hybridized carbons (Fsp3) is 0.125. The van der Waals surface area contributed by atoms with Crippen molar-refractivity contribution in [2.24, 2.45) is 0 Å². The lowest BCUT2D eigenvalue weighted by Gasteiger charge is -2.11. The largest absolute Gasteiger partial charge is 0.240 e. The summed E-state index contributed by atoms with van der Waals surface area (Å²) in [6.07, 6.45) is 1.90. The second-order valence-electron chi connectivity index (χ2n) is 4.88. The molecule has 0 bridgehead atoms. The highest BCUT2D eigenvalue weighted by Gasteiger charge is 2.19. The van der Waals surface area contributed by atoms with Crippen LogP contribution in [-0.4, -0.2) is 21.0 Å². The van der Waals surface area contributed by atoms with E-state index in [1.54, 1.807) is 41.1 Å². The summed E-state index contributed by atoms with van der Waals surface area (Å²) in [4.78, 5) is 4.54. The molecule has 124 valence electrons. The van der Waals surface area contributed by atoms with Crippen LogP contribution in [-0.2, 0) is 6.54 Å². The zero-order valence-electron chi connectivity index (χ0n) is 12.4. The van der Waals surface area contributed by atoms with E-state index >= 15 is 0 Å². The lowest BCUT2D eigenvalue weighted by molar-refractivity contribution is 0.673. The Morgan fingerprint density at radius 2 is 1.46 bits per heavy atom. The second-order valence-corrected chi connectivity index (χ2v) is 7.28. The number of halogens is 4. The summed E-state index contributed by atoms with van der Waals surface area (Å²) >= 11 is 26.6. The standard InChI is InChI=1S/C16H11Cl4N3S/c1-24-16-21-15(14-12(19)6-3-7-13(14)20)23(22-16)8-9-10(17)4-2-5-11(9)18/h2-7H,8H2,1H3. The summed E-state index contributed by atoms with van der Waals surface area (Å²) in [5.41, 5.74) is 1.40. The molecule has 0 aliphatic heterocycles. The predicted octanol–water partition coefficient (Wildman–Crippen LogP) is 6.33. The first-order valence-corrected chi connectivity index (χ1v) is 9.61. The normalized spacial score (nSPS) is 11.0. The molecular weight excluding hydrogens is 408 g/mol. The summed E-state index contributed by atoms with van der Waals surface area (Å²) in [7, 11) is 0. The monoisotopic (exact) mass is 417 g/mol. The van der Waals surface area contributed by atoms with Gasteiger partial charge in [0, 0.05) is 15.6 Å². The van der Waals surface area contributed by atoms with Gasteiger partial charge in [-0.05, 0) is 30.5 Å². The van der Waals surface area contributed by atoms with Crippen LogP contribution in [0.15, 0.2) is 41.6 Å². The smallest absolute Gasteiger partial charge is 0.208 e. The minimum absolute atomic E-state index is 0.364. The Bertz CT molecular complexity index is 855. The van der Waals surface area contributed by atoms with Crippen LogP contribution in [0.4, 0.5) is 0 Å². The van der Waals surface area contributed by atoms with Crippen LogP contribution in [0.1, 0.15) is 5.56 Å². The molecule has 3 rings (SSSR count). The van der Waals surface area contributed by atoms with Crippen molar-refractivity contribution in [1.82, 2.24) is 14.8 Å². The number of benzene rings is 2. The van der Waals surface area contributed by atoms with Crippen molar-refractivity contribution in [3.63, 3.8) is 0 Å². The van der Waals surface area contributed by atoms with Gasteiger partial charge in [0.25, 0.3) is 0 Å². The molecule has 0 atom stereocenters. The van der Waals surface area contributed by atoms with E-state index in [2.05, 4.69) is 10.1 Å². The fourth-order valence-electron chi connectivity index (χ4n) is 2.25. The quantitative estimate of drug-likeness (QED) is 0.463. The highest BCUT2D eigenvalue weighted by molar-refractivity contribution is 7.98. The van der Waals surface area contributed by atoms with Crippen molar-refractivity contribution >= 4 is 58.2 Å². The van der Waals surface area contributed by atoms with E-state index in [-0.39, 0.29) is 0 Å². The van der Waals surface area contributed by atoms with Gasteiger partial charge in [-0.1, -0.05) is 70.3 Å². The van der Waals surface area contributed by atoms with Gasteiger partial charge in [0.05, 0.1) is 22.2 Å². The minimum Gasteiger partial charge on any atom is -0.240 e. The Morgan fingerprint density at radius 1 is 0.917 bits per heavy atom. The lowest BCUT2D eigenvalue weighted by atomic mass is 10.2. The highest BCUT2D eigenvalue weighted by Crippen LogP contribution is 2.35. The third-order valence-electron chi connectivity index (χ3n) is 3.39. The lowest BCUT2D eigenvalue weighted by Crippen LogP contribution is -2.06. The number of hydrogen-bond donors (Lipinski definition) is 0. The third kappa shape index (κ3) is 3.53. The molecule has 0 saturated heterocycles. The topological polar surface area (TPSA) is 30.7 Å². The second kappa shape index (κ2) is 7.54. The van der Waals surface area contributed by atoms with Crippen molar-refractivity contribution in [3.8, 4) is 11.4 Å². The van der Waals surface area contributed by atoms with Gasteiger partial charge in [-0.25, -0.2) is 9.67 Å². The number of hydrogen-bond acceptors (Lipinski definition) is 3. The number of nitrogens with zero attached hydrogens (tertiary/aromatic N) is 3. The van der Waals surface area contributed by atoms with E-state index < -0.39 is 0 Å². The SMILES string of the molecule is CSc1nc(-c2c(Cl)cccc2Cl)n(Cc2c(Cl)cccc2Cl)n1. The zero-order valence-corrected chi connectivity index (χ0v) is 16.3. The Morgan fingerprint density at radius 3 is 2.00 bits per heavy atom. The minimum atomic E-state index is 0.364. The first-order chi connectivity index (χ1) is 11.5. The van der Waals surface area contributed by atoms with Crippen LogP contribution in [0.25, 0.3) is 11.4 Å². The first kappa shape index (κ1) is 17.9. The molecule has 1 heterocycles. The molecule has 0 amide bonds. The van der Waals surface area contributed by atoms with Gasteiger partial charge in [-0.2, -0.15) is 0 Å². The molecule has 0 aliphatic rings. The Hall–Kier alpha value is -0.910. The number of aromatic nitrogens is 3. The van der Waals surface area contributed by atoms with Gasteiger partial charge in [-0.3, -0.25) is 0 Å². The third-order valence-corrected chi connectivity index (χ3v) is 5.27. The molecule has 0 unspecified atom stereocenters. The van der Waals surface area contributed by atoms with E-state index in [1.165, 1.54) is 11.8 Å². The van der Waals surface area contributed by atoms with Crippen molar-refractivity contribution in [2.45, 2.75) is 11.7 Å². The summed E-state index contributed by atoms with van der Waals surface area (Å²) < 4.78 is 1.71. The molecule has 3 nitrogen and oxygen atoms in total. The maximum atomic E-state index is 6.33. The van der Waals surface area contributed by atoms with Gasteiger partial charge < -0.3 is 0 Å². The maximum absolute atomic E-state index is 6.33. The van der Waals surface area contributed by atoms with E-state index in [1.807, 2.05) is 6.26 Å². The molecule has 0 spiro atoms. The summed E-state index contributed by atoms with van der Waals surface area (Å²) in [5.74, 6) is 0.575. The van der Waals surface area contributed by atoms with E-state index in [0.29, 0.717) is 43.2 Å². The molecule has 0 fully saturated rings. The van der Waals surface area contributed by atoms with Crippen molar-refractivity contribution < 1.29 is 0 Å². The molecule has 24 heavy (non-hydrogen) atoms. The summed E-state index contributed by atoms with van der Waals surface area (Å²) in [6, 6.07) is 10.7. The summed E-state index contributed by atoms with van der Waals surface area (Å²) in [5, 5.41) is 7.27. The van der Waals surface area contributed by atoms with Crippen LogP contribution < -0.4 is 0 Å². The van der Waals surface area contributed by atoms with Crippen LogP contribution in [0, 0.1) is 0 Å². The Kier molecular flexibility index (Phi) is 5.63. The number of thioether (sulfide) groups is 1. The predicted molar refractivity (Wildman–Crippen MR) is 103 cm³/mol. The molecule has 0 saturated carbocycles. The van der Waals surface area contributed by atoms with Crippen molar-refractivity contribution in [3.05, 3.63) is 62.1 Å². The Labute approximate surface area is 163 Å². The molecule has 3 aromatic rings. The van der Waals surface area contributed by atoms with Crippen molar-refractivity contribution in [1.29, 1.82) is 0 Å². The highest BCUT2D eigenvalue weighted by atomic mass is 35.5. The average Bonchev–Trinajstić information content (AvgIpc) is 2.94. The van der Waals surface area contributed by atoms with Gasteiger partial charge in [0.2, 0.25) is 5.16 Å². The maximum Gasteiger partial charge on any atom is 0.208 e. The molecule has 0 radical (unpaired) electrons. The van der Waals surface area contributed by atoms with Gasteiger partial charge in [0.1, 0.15) is 0 Å². The number of rotatable bonds is 4. The van der Waals surface area contributed by atoms with E-state index in [9.17, 15) is 0 Å². The van der Waals surface area contributed by atoms with E-state index in [0.717, 1.165) is 5.56 Å². The van der Waals surface area contributed by atoms with Crippen LogP contribution >= 0.6 is 58.2 Å². The molecule has 0 aliphatic carbocycles. The van der Waals surface area contributed by atoms with Gasteiger partial charge >= 0.3 is 0 Å². The fourth-order valence-corrected chi connectivity index (χ4v) is 3.69. The molecule has 0 N–H and O–H groups in total. The first-order valence-electron chi connectivity index (χ1n) is 6.87. The summed E-state index contributed by atoms with van der Waals surface area (Å²) in [6.45, 7) is 0.364. The van der Waals surface area contributed by atoms with Gasteiger partial charge in [0.15, 0.2) is 5.82 Å². The zero-order chi connectivity index (χ0) is 17.3.